The van der Waals surface area contributed by atoms with E-state index in [1.54, 1.807) is 28.8 Å². The number of rotatable bonds is 5. The second kappa shape index (κ2) is 8.51. The Morgan fingerprint density at radius 1 is 1.00 bits per heavy atom. The molecular formula is C19H14N4O2S3. The third-order valence-corrected chi connectivity index (χ3v) is 6.57. The number of fused-ring (bicyclic) bond motifs is 1. The highest BCUT2D eigenvalue weighted by molar-refractivity contribution is 8.00. The van der Waals surface area contributed by atoms with E-state index in [0.29, 0.717) is 4.88 Å². The molecule has 1 aromatic carbocycles. The van der Waals surface area contributed by atoms with Gasteiger partial charge in [-0.1, -0.05) is 48.2 Å². The van der Waals surface area contributed by atoms with Gasteiger partial charge in [0.05, 0.1) is 16.0 Å². The van der Waals surface area contributed by atoms with Gasteiger partial charge in [-0.3, -0.25) is 20.4 Å². The van der Waals surface area contributed by atoms with Crippen molar-refractivity contribution in [3.63, 3.8) is 0 Å². The Bertz CT molecular complexity index is 1110. The predicted octanol–water partition coefficient (Wildman–Crippen LogP) is 3.97. The smallest absolute Gasteiger partial charge is 0.272 e. The summed E-state index contributed by atoms with van der Waals surface area (Å²) in [7, 11) is 0. The molecule has 3 heterocycles. The lowest BCUT2D eigenvalue weighted by molar-refractivity contribution is -0.119. The van der Waals surface area contributed by atoms with Crippen LogP contribution in [0.3, 0.4) is 0 Å². The number of amides is 2. The lowest BCUT2D eigenvalue weighted by Gasteiger charge is -2.07. The highest BCUT2D eigenvalue weighted by Gasteiger charge is 2.15. The van der Waals surface area contributed by atoms with Gasteiger partial charge in [0.15, 0.2) is 0 Å². The number of hydrogen-bond acceptors (Lipinski definition) is 7. The van der Waals surface area contributed by atoms with Crippen LogP contribution in [-0.4, -0.2) is 27.5 Å². The Balaban J connectivity index is 1.45. The predicted molar refractivity (Wildman–Crippen MR) is 114 cm³/mol. The number of carbonyl (C=O) groups is 2. The number of hydrogen-bond donors (Lipinski definition) is 2. The first-order valence-corrected chi connectivity index (χ1v) is 11.0. The van der Waals surface area contributed by atoms with Crippen LogP contribution in [0.2, 0.25) is 0 Å². The van der Waals surface area contributed by atoms with Gasteiger partial charge in [0.25, 0.3) is 5.91 Å². The van der Waals surface area contributed by atoms with Gasteiger partial charge < -0.3 is 0 Å². The summed E-state index contributed by atoms with van der Waals surface area (Å²) in [5.74, 6) is -0.513. The lowest BCUT2D eigenvalue weighted by Crippen LogP contribution is -2.42. The van der Waals surface area contributed by atoms with E-state index in [9.17, 15) is 9.59 Å². The summed E-state index contributed by atoms with van der Waals surface area (Å²) in [6, 6.07) is 13.5. The molecule has 0 radical (unpaired) electrons. The van der Waals surface area contributed by atoms with Crippen molar-refractivity contribution in [1.82, 2.24) is 20.8 Å². The Morgan fingerprint density at radius 2 is 1.86 bits per heavy atom. The Labute approximate surface area is 173 Å². The van der Waals surface area contributed by atoms with Crippen molar-refractivity contribution in [1.29, 1.82) is 0 Å². The van der Waals surface area contributed by atoms with Gasteiger partial charge in [0.2, 0.25) is 5.91 Å². The van der Waals surface area contributed by atoms with Crippen molar-refractivity contribution >= 4 is 56.5 Å². The monoisotopic (exact) mass is 426 g/mol. The molecule has 28 heavy (non-hydrogen) atoms. The molecule has 0 saturated carbocycles. The van der Waals surface area contributed by atoms with Gasteiger partial charge in [-0.15, -0.1) is 22.7 Å². The number of hydrazine groups is 1. The van der Waals surface area contributed by atoms with Crippen LogP contribution in [0.5, 0.6) is 0 Å². The molecule has 2 N–H and O–H groups in total. The molecule has 0 spiro atoms. The molecule has 4 aromatic rings. The van der Waals surface area contributed by atoms with E-state index in [1.807, 2.05) is 30.3 Å². The molecule has 0 aliphatic heterocycles. The molecule has 0 aliphatic rings. The summed E-state index contributed by atoms with van der Waals surface area (Å²) in [5, 5.41) is 5.54. The van der Waals surface area contributed by atoms with Crippen LogP contribution < -0.4 is 10.9 Å². The lowest BCUT2D eigenvalue weighted by atomic mass is 10.1. The topological polar surface area (TPSA) is 84.0 Å². The minimum atomic E-state index is -0.332. The second-order valence-electron chi connectivity index (χ2n) is 5.64. The maximum Gasteiger partial charge on any atom is 0.279 e. The quantitative estimate of drug-likeness (QED) is 0.287. The SMILES string of the molecule is O=C(CSc1ncnc2scc(-c3ccccc3)c12)NNC(=O)c1cccs1. The van der Waals surface area contributed by atoms with Gasteiger partial charge in [-0.25, -0.2) is 9.97 Å². The van der Waals surface area contributed by atoms with Gasteiger partial charge in [0, 0.05) is 10.9 Å². The normalized spacial score (nSPS) is 10.7. The first-order chi connectivity index (χ1) is 13.7. The number of carbonyl (C=O) groups excluding carboxylic acids is 2. The fourth-order valence-electron chi connectivity index (χ4n) is 2.55. The van der Waals surface area contributed by atoms with Gasteiger partial charge in [0.1, 0.15) is 16.2 Å². The molecule has 2 amide bonds. The van der Waals surface area contributed by atoms with Crippen LogP contribution in [-0.2, 0) is 4.79 Å². The molecule has 0 fully saturated rings. The van der Waals surface area contributed by atoms with Crippen LogP contribution in [0.1, 0.15) is 9.67 Å². The minimum absolute atomic E-state index is 0.126. The van der Waals surface area contributed by atoms with Crippen molar-refractivity contribution in [3.05, 3.63) is 64.4 Å². The Hall–Kier alpha value is -2.75. The van der Waals surface area contributed by atoms with Crippen LogP contribution in [0, 0.1) is 0 Å². The van der Waals surface area contributed by atoms with Gasteiger partial charge in [-0.2, -0.15) is 0 Å². The molecule has 0 aliphatic carbocycles. The molecular weight excluding hydrogens is 412 g/mol. The number of nitrogens with one attached hydrogen (secondary N) is 2. The molecule has 6 nitrogen and oxygen atoms in total. The number of thiophene rings is 2. The average Bonchev–Trinajstić information content (AvgIpc) is 3.41. The fraction of sp³-hybridized carbons (Fsp3) is 0.0526. The van der Waals surface area contributed by atoms with E-state index in [0.717, 1.165) is 26.4 Å². The summed E-state index contributed by atoms with van der Waals surface area (Å²) in [6.45, 7) is 0. The first kappa shape index (κ1) is 18.6. The first-order valence-electron chi connectivity index (χ1n) is 8.25. The Morgan fingerprint density at radius 3 is 2.64 bits per heavy atom. The van der Waals surface area contributed by atoms with Crippen LogP contribution in [0.25, 0.3) is 21.3 Å². The van der Waals surface area contributed by atoms with Crippen LogP contribution in [0.4, 0.5) is 0 Å². The Kier molecular flexibility index (Phi) is 5.65. The number of aromatic nitrogens is 2. The van der Waals surface area contributed by atoms with E-state index in [-0.39, 0.29) is 17.6 Å². The zero-order valence-electron chi connectivity index (χ0n) is 14.4. The molecule has 3 aromatic heterocycles. The molecule has 0 bridgehead atoms. The molecule has 140 valence electrons. The summed E-state index contributed by atoms with van der Waals surface area (Å²) in [6.07, 6.45) is 1.51. The van der Waals surface area contributed by atoms with Crippen molar-refractivity contribution in [3.8, 4) is 11.1 Å². The summed E-state index contributed by atoms with van der Waals surface area (Å²) in [4.78, 5) is 34.1. The number of benzene rings is 1. The van der Waals surface area contributed by atoms with Crippen molar-refractivity contribution in [2.45, 2.75) is 5.03 Å². The summed E-state index contributed by atoms with van der Waals surface area (Å²) in [5.41, 5.74) is 6.99. The van der Waals surface area contributed by atoms with Crippen LogP contribution >= 0.6 is 34.4 Å². The van der Waals surface area contributed by atoms with E-state index in [2.05, 4.69) is 26.2 Å². The highest BCUT2D eigenvalue weighted by Crippen LogP contribution is 2.37. The van der Waals surface area contributed by atoms with E-state index < -0.39 is 0 Å². The van der Waals surface area contributed by atoms with Crippen molar-refractivity contribution in [2.24, 2.45) is 0 Å². The molecule has 4 rings (SSSR count). The van der Waals surface area contributed by atoms with Gasteiger partial charge >= 0.3 is 0 Å². The largest absolute Gasteiger partial charge is 0.279 e. The van der Waals surface area contributed by atoms with Crippen molar-refractivity contribution in [2.75, 3.05) is 5.75 Å². The third kappa shape index (κ3) is 4.06. The van der Waals surface area contributed by atoms with Gasteiger partial charge in [-0.05, 0) is 17.0 Å². The van der Waals surface area contributed by atoms with Crippen molar-refractivity contribution < 1.29 is 9.59 Å². The third-order valence-electron chi connectivity index (χ3n) is 3.82. The maximum atomic E-state index is 12.1. The number of nitrogens with zero attached hydrogens (tertiary/aromatic N) is 2. The molecule has 9 heteroatoms. The summed E-state index contributed by atoms with van der Waals surface area (Å²) >= 11 is 4.17. The zero-order chi connectivity index (χ0) is 19.3. The number of thioether (sulfide) groups is 1. The fourth-order valence-corrected chi connectivity index (χ4v) is 4.97. The maximum absolute atomic E-state index is 12.1. The molecule has 0 atom stereocenters. The average molecular weight is 427 g/mol. The van der Waals surface area contributed by atoms with Crippen LogP contribution in [0.15, 0.2) is 64.6 Å². The second-order valence-corrected chi connectivity index (χ2v) is 8.41. The summed E-state index contributed by atoms with van der Waals surface area (Å²) < 4.78 is 0. The molecule has 0 saturated heterocycles. The zero-order valence-corrected chi connectivity index (χ0v) is 16.9. The van der Waals surface area contributed by atoms with E-state index in [1.165, 1.54) is 29.4 Å². The standard InChI is InChI=1S/C19H14N4O2S3/c24-15(22-23-17(25)14-7-4-8-26-14)10-28-19-16-13(12-5-2-1-3-6-12)9-27-18(16)20-11-21-19/h1-9,11H,10H2,(H,22,24)(H,23,25). The van der Waals surface area contributed by atoms with E-state index in [4.69, 9.17) is 0 Å². The van der Waals surface area contributed by atoms with E-state index >= 15 is 0 Å². The minimum Gasteiger partial charge on any atom is -0.272 e. The highest BCUT2D eigenvalue weighted by atomic mass is 32.2. The molecule has 0 unspecified atom stereocenters.